The molecule has 1 unspecified atom stereocenters. The molecule has 0 bridgehead atoms. The molecule has 0 spiro atoms. The second kappa shape index (κ2) is 8.49. The Hall–Kier alpha value is -2.47. The lowest BCUT2D eigenvalue weighted by molar-refractivity contribution is 0.0645. The number of nitrogens with zero attached hydrogens (tertiary/aromatic N) is 2. The zero-order chi connectivity index (χ0) is 20.4. The van der Waals surface area contributed by atoms with E-state index < -0.39 is 0 Å². The highest BCUT2D eigenvalue weighted by Gasteiger charge is 2.25. The zero-order valence-corrected chi connectivity index (χ0v) is 17.2. The SMILES string of the molecule is CC(C)c1ccc(C(=O)NC2CCc3nn(C4CCOCC4)c(=O)cc3C2)cc1. The maximum absolute atomic E-state index is 12.6. The Morgan fingerprint density at radius 3 is 2.59 bits per heavy atom. The summed E-state index contributed by atoms with van der Waals surface area (Å²) in [6, 6.07) is 9.67. The third kappa shape index (κ3) is 4.42. The van der Waals surface area contributed by atoms with Crippen molar-refractivity contribution in [3.05, 3.63) is 63.1 Å². The van der Waals surface area contributed by atoms with Crippen LogP contribution in [0.2, 0.25) is 0 Å². The molecule has 6 nitrogen and oxygen atoms in total. The van der Waals surface area contributed by atoms with Crippen LogP contribution in [0.3, 0.4) is 0 Å². The molecule has 1 N–H and O–H groups in total. The Balaban J connectivity index is 1.43. The lowest BCUT2D eigenvalue weighted by Gasteiger charge is -2.28. The van der Waals surface area contributed by atoms with Crippen molar-refractivity contribution >= 4 is 5.91 Å². The molecule has 2 aliphatic rings. The number of aromatic nitrogens is 2. The fourth-order valence-corrected chi connectivity index (χ4v) is 4.21. The molecule has 1 aliphatic carbocycles. The molecule has 1 aliphatic heterocycles. The number of ether oxygens (including phenoxy) is 1. The van der Waals surface area contributed by atoms with Gasteiger partial charge in [-0.3, -0.25) is 9.59 Å². The summed E-state index contributed by atoms with van der Waals surface area (Å²) in [6.45, 7) is 5.64. The van der Waals surface area contributed by atoms with Gasteiger partial charge in [-0.05, 0) is 61.3 Å². The van der Waals surface area contributed by atoms with Crippen LogP contribution in [0.25, 0.3) is 0 Å². The molecule has 1 saturated heterocycles. The average Bonchev–Trinajstić information content (AvgIpc) is 2.74. The highest BCUT2D eigenvalue weighted by atomic mass is 16.5. The highest BCUT2D eigenvalue weighted by Crippen LogP contribution is 2.22. The second-order valence-corrected chi connectivity index (χ2v) is 8.43. The van der Waals surface area contributed by atoms with Gasteiger partial charge in [-0.1, -0.05) is 26.0 Å². The molecule has 154 valence electrons. The Bertz CT molecular complexity index is 927. The summed E-state index contributed by atoms with van der Waals surface area (Å²) in [5.74, 6) is 0.386. The Morgan fingerprint density at radius 1 is 1.17 bits per heavy atom. The van der Waals surface area contributed by atoms with E-state index in [9.17, 15) is 9.59 Å². The van der Waals surface area contributed by atoms with E-state index in [1.807, 2.05) is 24.3 Å². The predicted molar refractivity (Wildman–Crippen MR) is 111 cm³/mol. The van der Waals surface area contributed by atoms with Crippen molar-refractivity contribution in [2.45, 2.75) is 64.0 Å². The van der Waals surface area contributed by atoms with Crippen LogP contribution in [0.4, 0.5) is 0 Å². The third-order valence-electron chi connectivity index (χ3n) is 6.03. The summed E-state index contributed by atoms with van der Waals surface area (Å²) in [6.07, 6.45) is 3.93. The maximum atomic E-state index is 12.6. The average molecular weight is 396 g/mol. The normalized spacial score (nSPS) is 19.8. The van der Waals surface area contributed by atoms with E-state index in [4.69, 9.17) is 4.74 Å². The molecule has 0 radical (unpaired) electrons. The minimum atomic E-state index is -0.0581. The van der Waals surface area contributed by atoms with Crippen LogP contribution in [0.5, 0.6) is 0 Å². The highest BCUT2D eigenvalue weighted by molar-refractivity contribution is 5.94. The molecule has 1 aromatic carbocycles. The summed E-state index contributed by atoms with van der Waals surface area (Å²) < 4.78 is 7.05. The molecule has 2 aromatic rings. The van der Waals surface area contributed by atoms with Gasteiger partial charge in [0.15, 0.2) is 0 Å². The summed E-state index contributed by atoms with van der Waals surface area (Å²) in [5.41, 5.74) is 3.80. The fourth-order valence-electron chi connectivity index (χ4n) is 4.21. The van der Waals surface area contributed by atoms with Crippen LogP contribution in [-0.4, -0.2) is 34.9 Å². The first-order valence-corrected chi connectivity index (χ1v) is 10.6. The number of amides is 1. The fraction of sp³-hybridized carbons (Fsp3) is 0.522. The second-order valence-electron chi connectivity index (χ2n) is 8.43. The van der Waals surface area contributed by atoms with E-state index in [0.29, 0.717) is 31.1 Å². The van der Waals surface area contributed by atoms with Crippen molar-refractivity contribution in [2.24, 2.45) is 0 Å². The quantitative estimate of drug-likeness (QED) is 0.864. The number of aryl methyl sites for hydroxylation is 1. The molecular formula is C23H29N3O3. The summed E-state index contributed by atoms with van der Waals surface area (Å²) in [4.78, 5) is 25.2. The molecule has 1 amide bonds. The van der Waals surface area contributed by atoms with Crippen LogP contribution in [0, 0.1) is 0 Å². The molecule has 1 atom stereocenters. The monoisotopic (exact) mass is 395 g/mol. The van der Waals surface area contributed by atoms with Gasteiger partial charge in [-0.2, -0.15) is 5.10 Å². The van der Waals surface area contributed by atoms with Gasteiger partial charge in [0.1, 0.15) is 0 Å². The number of carbonyl (C=O) groups excluding carboxylic acids is 1. The predicted octanol–water partition coefficient (Wildman–Crippen LogP) is 3.01. The molecular weight excluding hydrogens is 366 g/mol. The van der Waals surface area contributed by atoms with Gasteiger partial charge in [0, 0.05) is 30.9 Å². The van der Waals surface area contributed by atoms with Crippen molar-refractivity contribution in [1.82, 2.24) is 15.1 Å². The number of hydrogen-bond acceptors (Lipinski definition) is 4. The van der Waals surface area contributed by atoms with Crippen molar-refractivity contribution in [3.63, 3.8) is 0 Å². The van der Waals surface area contributed by atoms with E-state index in [1.165, 1.54) is 5.56 Å². The number of fused-ring (bicyclic) bond motifs is 1. The molecule has 1 fully saturated rings. The van der Waals surface area contributed by atoms with Crippen LogP contribution in [-0.2, 0) is 17.6 Å². The standard InChI is InChI=1S/C23H29N3O3/c1-15(2)16-3-5-17(6-4-16)23(28)24-19-7-8-21-18(13-19)14-22(27)26(25-21)20-9-11-29-12-10-20/h3-6,14-15,19-20H,7-13H2,1-2H3,(H,24,28). The zero-order valence-electron chi connectivity index (χ0n) is 17.2. The van der Waals surface area contributed by atoms with E-state index in [-0.39, 0.29) is 23.6 Å². The van der Waals surface area contributed by atoms with Crippen LogP contribution < -0.4 is 10.9 Å². The number of carbonyl (C=O) groups is 1. The van der Waals surface area contributed by atoms with Gasteiger partial charge in [0.05, 0.1) is 11.7 Å². The minimum Gasteiger partial charge on any atom is -0.381 e. The summed E-state index contributed by atoms with van der Waals surface area (Å²) >= 11 is 0. The van der Waals surface area contributed by atoms with E-state index in [2.05, 4.69) is 24.3 Å². The molecule has 1 aromatic heterocycles. The third-order valence-corrected chi connectivity index (χ3v) is 6.03. The smallest absolute Gasteiger partial charge is 0.267 e. The van der Waals surface area contributed by atoms with Gasteiger partial charge in [0.2, 0.25) is 0 Å². The minimum absolute atomic E-state index is 0.0277. The molecule has 2 heterocycles. The van der Waals surface area contributed by atoms with Gasteiger partial charge in [0.25, 0.3) is 11.5 Å². The Kier molecular flexibility index (Phi) is 5.81. The van der Waals surface area contributed by atoms with Gasteiger partial charge in [-0.25, -0.2) is 4.68 Å². The Labute approximate surface area is 171 Å². The topological polar surface area (TPSA) is 73.2 Å². The van der Waals surface area contributed by atoms with Crippen molar-refractivity contribution < 1.29 is 9.53 Å². The summed E-state index contributed by atoms with van der Waals surface area (Å²) in [5, 5.41) is 7.80. The number of nitrogens with one attached hydrogen (secondary N) is 1. The molecule has 4 rings (SSSR count). The van der Waals surface area contributed by atoms with Gasteiger partial charge < -0.3 is 10.1 Å². The van der Waals surface area contributed by atoms with Crippen molar-refractivity contribution in [1.29, 1.82) is 0 Å². The Morgan fingerprint density at radius 2 is 1.90 bits per heavy atom. The lowest BCUT2D eigenvalue weighted by Crippen LogP contribution is -2.41. The largest absolute Gasteiger partial charge is 0.381 e. The molecule has 0 saturated carbocycles. The number of hydrogen-bond donors (Lipinski definition) is 1. The van der Waals surface area contributed by atoms with Crippen molar-refractivity contribution in [2.75, 3.05) is 13.2 Å². The number of rotatable bonds is 4. The van der Waals surface area contributed by atoms with Crippen LogP contribution in [0.15, 0.2) is 35.1 Å². The van der Waals surface area contributed by atoms with Crippen LogP contribution in [0.1, 0.15) is 72.2 Å². The molecule has 6 heteroatoms. The maximum Gasteiger partial charge on any atom is 0.267 e. The van der Waals surface area contributed by atoms with Gasteiger partial charge >= 0.3 is 0 Å². The van der Waals surface area contributed by atoms with Gasteiger partial charge in [-0.15, -0.1) is 0 Å². The van der Waals surface area contributed by atoms with Crippen LogP contribution >= 0.6 is 0 Å². The first kappa shape index (κ1) is 19.8. The van der Waals surface area contributed by atoms with E-state index in [0.717, 1.165) is 36.9 Å². The first-order valence-electron chi connectivity index (χ1n) is 10.6. The first-order chi connectivity index (χ1) is 14.0. The summed E-state index contributed by atoms with van der Waals surface area (Å²) in [7, 11) is 0. The lowest BCUT2D eigenvalue weighted by atomic mass is 9.92. The van der Waals surface area contributed by atoms with E-state index in [1.54, 1.807) is 10.7 Å². The number of benzene rings is 1. The molecule has 29 heavy (non-hydrogen) atoms. The van der Waals surface area contributed by atoms with Crippen molar-refractivity contribution in [3.8, 4) is 0 Å². The van der Waals surface area contributed by atoms with E-state index >= 15 is 0 Å².